The lowest BCUT2D eigenvalue weighted by molar-refractivity contribution is 0.0955. The van der Waals surface area contributed by atoms with Crippen LogP contribution in [0.5, 0.6) is 5.75 Å². The van der Waals surface area contributed by atoms with Gasteiger partial charge in [-0.1, -0.05) is 41.7 Å². The summed E-state index contributed by atoms with van der Waals surface area (Å²) in [6, 6.07) is 18.6. The molecular weight excluding hydrogens is 366 g/mol. The molecule has 0 radical (unpaired) electrons. The topological polar surface area (TPSA) is 74.2 Å². The molecule has 0 saturated heterocycles. The molecular formula is C19H15N3O2S2. The fraction of sp³-hybridized carbons (Fsp3) is 0.0526. The third-order valence-electron chi connectivity index (χ3n) is 3.70. The number of hydrogen-bond donors (Lipinski definition) is 3. The third-order valence-corrected chi connectivity index (χ3v) is 5.78. The van der Waals surface area contributed by atoms with Gasteiger partial charge in [0.1, 0.15) is 10.6 Å². The number of para-hydroxylation sites is 1. The van der Waals surface area contributed by atoms with E-state index < -0.39 is 0 Å². The summed E-state index contributed by atoms with van der Waals surface area (Å²) < 4.78 is 0.982. The van der Waals surface area contributed by atoms with Gasteiger partial charge in [-0.2, -0.15) is 0 Å². The SMILES string of the molecule is O=C(NCc1cccc(O)c1)c1cc2sc(Nc3ccccc3)nc2s1. The molecule has 0 spiro atoms. The van der Waals surface area contributed by atoms with Gasteiger partial charge in [-0.15, -0.1) is 11.3 Å². The first-order chi connectivity index (χ1) is 12.7. The van der Waals surface area contributed by atoms with E-state index in [9.17, 15) is 9.90 Å². The lowest BCUT2D eigenvalue weighted by atomic mass is 10.2. The number of anilines is 2. The first kappa shape index (κ1) is 16.6. The zero-order chi connectivity index (χ0) is 17.9. The molecule has 130 valence electrons. The minimum absolute atomic E-state index is 0.138. The van der Waals surface area contributed by atoms with Crippen LogP contribution in [0, 0.1) is 0 Å². The second-order valence-corrected chi connectivity index (χ2v) is 7.70. The van der Waals surface area contributed by atoms with Crippen LogP contribution in [0.1, 0.15) is 15.2 Å². The zero-order valence-corrected chi connectivity index (χ0v) is 15.2. The lowest BCUT2D eigenvalue weighted by Crippen LogP contribution is -2.21. The molecule has 0 fully saturated rings. The van der Waals surface area contributed by atoms with Gasteiger partial charge in [-0.3, -0.25) is 4.79 Å². The molecule has 4 rings (SSSR count). The largest absolute Gasteiger partial charge is 0.508 e. The van der Waals surface area contributed by atoms with E-state index in [1.165, 1.54) is 22.7 Å². The number of amides is 1. The maximum Gasteiger partial charge on any atom is 0.261 e. The number of nitrogens with one attached hydrogen (secondary N) is 2. The van der Waals surface area contributed by atoms with Crippen molar-refractivity contribution < 1.29 is 9.90 Å². The Hall–Kier alpha value is -2.90. The van der Waals surface area contributed by atoms with Gasteiger partial charge in [0.05, 0.1) is 9.58 Å². The highest BCUT2D eigenvalue weighted by Gasteiger charge is 2.14. The molecule has 0 atom stereocenters. The lowest BCUT2D eigenvalue weighted by Gasteiger charge is -2.04. The number of thiophene rings is 1. The molecule has 4 aromatic rings. The predicted molar refractivity (Wildman–Crippen MR) is 106 cm³/mol. The Morgan fingerprint density at radius 1 is 1.04 bits per heavy atom. The number of phenols is 1. The van der Waals surface area contributed by atoms with Crippen molar-refractivity contribution in [3.63, 3.8) is 0 Å². The maximum atomic E-state index is 12.3. The summed E-state index contributed by atoms with van der Waals surface area (Å²) in [5.74, 6) is 0.0529. The van der Waals surface area contributed by atoms with Crippen molar-refractivity contribution in [2.75, 3.05) is 5.32 Å². The third kappa shape index (κ3) is 3.68. The standard InChI is InChI=1S/C19H15N3O2S2/c23-14-8-4-5-12(9-14)11-20-17(24)15-10-16-18(25-15)22-19(26-16)21-13-6-2-1-3-7-13/h1-10,23H,11H2,(H,20,24)(H,21,22). The first-order valence-corrected chi connectivity index (χ1v) is 9.59. The molecule has 0 aliphatic heterocycles. The highest BCUT2D eigenvalue weighted by Crippen LogP contribution is 2.34. The number of carbonyl (C=O) groups is 1. The fourth-order valence-corrected chi connectivity index (χ4v) is 4.53. The summed E-state index contributed by atoms with van der Waals surface area (Å²) in [5, 5.41) is 16.4. The van der Waals surface area contributed by atoms with Gasteiger partial charge in [-0.05, 0) is 35.9 Å². The van der Waals surface area contributed by atoms with Gasteiger partial charge in [0.15, 0.2) is 5.13 Å². The highest BCUT2D eigenvalue weighted by molar-refractivity contribution is 7.29. The molecule has 5 nitrogen and oxygen atoms in total. The summed E-state index contributed by atoms with van der Waals surface area (Å²) >= 11 is 2.89. The molecule has 3 N–H and O–H groups in total. The van der Waals surface area contributed by atoms with Crippen LogP contribution < -0.4 is 10.6 Å². The number of aromatic nitrogens is 1. The minimum Gasteiger partial charge on any atom is -0.508 e. The Balaban J connectivity index is 1.44. The van der Waals surface area contributed by atoms with E-state index in [0.29, 0.717) is 11.4 Å². The fourth-order valence-electron chi connectivity index (χ4n) is 2.48. The number of nitrogens with zero attached hydrogens (tertiary/aromatic N) is 1. The first-order valence-electron chi connectivity index (χ1n) is 7.96. The molecule has 0 unspecified atom stereocenters. The summed E-state index contributed by atoms with van der Waals surface area (Å²) in [4.78, 5) is 18.4. The van der Waals surface area contributed by atoms with Crippen molar-refractivity contribution in [2.45, 2.75) is 6.54 Å². The van der Waals surface area contributed by atoms with Crippen molar-refractivity contribution in [3.05, 3.63) is 71.1 Å². The Bertz CT molecular complexity index is 1030. The van der Waals surface area contributed by atoms with Crippen molar-refractivity contribution in [1.29, 1.82) is 0 Å². The molecule has 2 aromatic heterocycles. The quantitative estimate of drug-likeness (QED) is 0.467. The second-order valence-electron chi connectivity index (χ2n) is 5.64. The van der Waals surface area contributed by atoms with Gasteiger partial charge in [-0.25, -0.2) is 4.98 Å². The minimum atomic E-state index is -0.138. The van der Waals surface area contributed by atoms with Crippen LogP contribution in [0.4, 0.5) is 10.8 Å². The average Bonchev–Trinajstić information content (AvgIpc) is 3.19. The number of phenolic OH excluding ortho intramolecular Hbond substituents is 1. The van der Waals surface area contributed by atoms with Crippen LogP contribution in [0.25, 0.3) is 9.53 Å². The van der Waals surface area contributed by atoms with Crippen LogP contribution in [0.15, 0.2) is 60.7 Å². The van der Waals surface area contributed by atoms with E-state index in [0.717, 1.165) is 25.9 Å². The number of thiazole rings is 1. The molecule has 0 aliphatic carbocycles. The van der Waals surface area contributed by atoms with Gasteiger partial charge in [0, 0.05) is 12.2 Å². The monoisotopic (exact) mass is 381 g/mol. The zero-order valence-electron chi connectivity index (χ0n) is 13.6. The average molecular weight is 381 g/mol. The summed E-state index contributed by atoms with van der Waals surface area (Å²) in [5.41, 5.74) is 1.84. The van der Waals surface area contributed by atoms with E-state index >= 15 is 0 Å². The Labute approximate surface area is 158 Å². The molecule has 26 heavy (non-hydrogen) atoms. The molecule has 1 amide bonds. The van der Waals surface area contributed by atoms with Gasteiger partial charge < -0.3 is 15.7 Å². The number of carbonyl (C=O) groups excluding carboxylic acids is 1. The van der Waals surface area contributed by atoms with Crippen molar-refractivity contribution in [3.8, 4) is 5.75 Å². The van der Waals surface area contributed by atoms with Gasteiger partial charge in [0.2, 0.25) is 0 Å². The van der Waals surface area contributed by atoms with E-state index in [-0.39, 0.29) is 11.7 Å². The number of benzene rings is 2. The van der Waals surface area contributed by atoms with E-state index in [4.69, 9.17) is 0 Å². The van der Waals surface area contributed by atoms with Crippen molar-refractivity contribution in [2.24, 2.45) is 0 Å². The molecule has 0 bridgehead atoms. The Morgan fingerprint density at radius 3 is 2.65 bits per heavy atom. The predicted octanol–water partition coefficient (Wildman–Crippen LogP) is 4.74. The Kier molecular flexibility index (Phi) is 4.55. The van der Waals surface area contributed by atoms with Crippen LogP contribution >= 0.6 is 22.7 Å². The van der Waals surface area contributed by atoms with Crippen LogP contribution in [0.2, 0.25) is 0 Å². The summed E-state index contributed by atoms with van der Waals surface area (Å²) in [7, 11) is 0. The number of rotatable bonds is 5. The smallest absolute Gasteiger partial charge is 0.261 e. The maximum absolute atomic E-state index is 12.3. The van der Waals surface area contributed by atoms with Crippen LogP contribution in [-0.4, -0.2) is 16.0 Å². The van der Waals surface area contributed by atoms with Crippen molar-refractivity contribution >= 4 is 48.9 Å². The number of aromatic hydroxyl groups is 1. The van der Waals surface area contributed by atoms with Crippen LogP contribution in [0.3, 0.4) is 0 Å². The summed E-state index contributed by atoms with van der Waals surface area (Å²) in [6.45, 7) is 0.368. The molecule has 0 aliphatic rings. The molecule has 0 saturated carbocycles. The molecule has 2 aromatic carbocycles. The normalized spacial score (nSPS) is 10.8. The number of hydrogen-bond acceptors (Lipinski definition) is 6. The molecule has 2 heterocycles. The second kappa shape index (κ2) is 7.15. The van der Waals surface area contributed by atoms with Crippen LogP contribution in [-0.2, 0) is 6.54 Å². The van der Waals surface area contributed by atoms with E-state index in [2.05, 4.69) is 15.6 Å². The number of fused-ring (bicyclic) bond motifs is 1. The summed E-state index contributed by atoms with van der Waals surface area (Å²) in [6.07, 6.45) is 0. The van der Waals surface area contributed by atoms with Gasteiger partial charge in [0.25, 0.3) is 5.91 Å². The highest BCUT2D eigenvalue weighted by atomic mass is 32.1. The van der Waals surface area contributed by atoms with E-state index in [1.54, 1.807) is 18.2 Å². The molecule has 7 heteroatoms. The van der Waals surface area contributed by atoms with E-state index in [1.807, 2.05) is 42.5 Å². The van der Waals surface area contributed by atoms with Crippen molar-refractivity contribution in [1.82, 2.24) is 10.3 Å². The Morgan fingerprint density at radius 2 is 1.88 bits per heavy atom. The van der Waals surface area contributed by atoms with Gasteiger partial charge >= 0.3 is 0 Å².